The Balaban J connectivity index is 1.91. The quantitative estimate of drug-likeness (QED) is 0.741. The number of hydrogen-bond donors (Lipinski definition) is 0. The number of aryl methyl sites for hydroxylation is 2. The molecule has 0 amide bonds. The van der Waals surface area contributed by atoms with Crippen molar-refractivity contribution in [2.75, 3.05) is 0 Å². The molecule has 0 unspecified atom stereocenters. The van der Waals surface area contributed by atoms with Crippen molar-refractivity contribution in [3.63, 3.8) is 0 Å². The number of pyridine rings is 1. The molecule has 2 aromatic heterocycles. The first-order valence-corrected chi connectivity index (χ1v) is 6.81. The first kappa shape index (κ1) is 13.4. The van der Waals surface area contributed by atoms with Crippen LogP contribution in [0.4, 0.5) is 0 Å². The Labute approximate surface area is 122 Å². The van der Waals surface area contributed by atoms with Crippen molar-refractivity contribution in [1.82, 2.24) is 9.38 Å². The van der Waals surface area contributed by atoms with Crippen LogP contribution in [0.1, 0.15) is 16.8 Å². The molecule has 21 heavy (non-hydrogen) atoms. The Kier molecular flexibility index (Phi) is 3.44. The molecule has 4 heteroatoms. The molecule has 0 spiro atoms. The first-order valence-electron chi connectivity index (χ1n) is 6.81. The van der Waals surface area contributed by atoms with Gasteiger partial charge in [0.25, 0.3) is 5.56 Å². The zero-order valence-corrected chi connectivity index (χ0v) is 12.0. The van der Waals surface area contributed by atoms with Crippen molar-refractivity contribution in [1.29, 1.82) is 0 Å². The third-order valence-corrected chi connectivity index (χ3v) is 3.34. The van der Waals surface area contributed by atoms with Gasteiger partial charge >= 0.3 is 0 Å². The molecule has 0 bridgehead atoms. The second-order valence-corrected chi connectivity index (χ2v) is 5.07. The van der Waals surface area contributed by atoms with Crippen LogP contribution in [-0.4, -0.2) is 9.38 Å². The highest BCUT2D eigenvalue weighted by Gasteiger charge is 2.04. The molecule has 0 saturated carbocycles. The van der Waals surface area contributed by atoms with E-state index in [1.165, 1.54) is 10.5 Å². The van der Waals surface area contributed by atoms with Crippen LogP contribution in [0.3, 0.4) is 0 Å². The Morgan fingerprint density at radius 3 is 2.76 bits per heavy atom. The number of aromatic nitrogens is 2. The van der Waals surface area contributed by atoms with Gasteiger partial charge in [0.1, 0.15) is 18.0 Å². The number of rotatable bonds is 3. The van der Waals surface area contributed by atoms with E-state index in [1.54, 1.807) is 6.20 Å². The van der Waals surface area contributed by atoms with E-state index in [4.69, 9.17) is 4.74 Å². The van der Waals surface area contributed by atoms with Crippen LogP contribution in [0.25, 0.3) is 5.65 Å². The molecule has 3 aromatic rings. The third-order valence-electron chi connectivity index (χ3n) is 3.34. The molecule has 0 saturated heterocycles. The van der Waals surface area contributed by atoms with Gasteiger partial charge in [0.15, 0.2) is 0 Å². The number of hydrogen-bond acceptors (Lipinski definition) is 3. The van der Waals surface area contributed by atoms with Gasteiger partial charge in [0, 0.05) is 12.3 Å². The molecule has 0 radical (unpaired) electrons. The molecular weight excluding hydrogens is 264 g/mol. The molecule has 0 fully saturated rings. The van der Waals surface area contributed by atoms with Gasteiger partial charge < -0.3 is 4.74 Å². The Hall–Kier alpha value is -2.62. The molecule has 2 heterocycles. The third kappa shape index (κ3) is 2.79. The summed E-state index contributed by atoms with van der Waals surface area (Å²) in [5.74, 6) is 0.809. The monoisotopic (exact) mass is 280 g/mol. The van der Waals surface area contributed by atoms with E-state index in [2.05, 4.69) is 4.98 Å². The van der Waals surface area contributed by atoms with Crippen LogP contribution < -0.4 is 10.3 Å². The minimum atomic E-state index is -0.0941. The predicted octanol–water partition coefficient (Wildman–Crippen LogP) is 2.89. The number of nitrogens with zero attached hydrogens (tertiary/aromatic N) is 2. The second kappa shape index (κ2) is 5.40. The summed E-state index contributed by atoms with van der Waals surface area (Å²) >= 11 is 0. The van der Waals surface area contributed by atoms with Crippen LogP contribution in [0.5, 0.6) is 5.75 Å². The minimum absolute atomic E-state index is 0.0941. The van der Waals surface area contributed by atoms with Crippen LogP contribution in [-0.2, 0) is 6.61 Å². The number of benzene rings is 1. The highest BCUT2D eigenvalue weighted by Crippen LogP contribution is 2.17. The lowest BCUT2D eigenvalue weighted by molar-refractivity contribution is 0.299. The van der Waals surface area contributed by atoms with Gasteiger partial charge in [0.2, 0.25) is 0 Å². The van der Waals surface area contributed by atoms with Crippen molar-refractivity contribution < 1.29 is 4.74 Å². The summed E-state index contributed by atoms with van der Waals surface area (Å²) in [6, 6.07) is 13.1. The molecule has 4 nitrogen and oxygen atoms in total. The fraction of sp³-hybridized carbons (Fsp3) is 0.176. The highest BCUT2D eigenvalue weighted by molar-refractivity contribution is 5.41. The van der Waals surface area contributed by atoms with Crippen molar-refractivity contribution in [3.05, 3.63) is 75.8 Å². The van der Waals surface area contributed by atoms with Gasteiger partial charge in [-0.05, 0) is 43.2 Å². The highest BCUT2D eigenvalue weighted by atomic mass is 16.5. The van der Waals surface area contributed by atoms with E-state index in [0.717, 1.165) is 16.9 Å². The van der Waals surface area contributed by atoms with E-state index in [1.807, 2.05) is 50.2 Å². The normalized spacial score (nSPS) is 10.8. The maximum Gasteiger partial charge on any atom is 0.258 e. The summed E-state index contributed by atoms with van der Waals surface area (Å²) in [4.78, 5) is 16.5. The molecule has 1 aromatic carbocycles. The molecule has 0 aliphatic rings. The van der Waals surface area contributed by atoms with Crippen LogP contribution >= 0.6 is 0 Å². The van der Waals surface area contributed by atoms with Crippen LogP contribution in [0.2, 0.25) is 0 Å². The van der Waals surface area contributed by atoms with Gasteiger partial charge in [-0.15, -0.1) is 0 Å². The summed E-state index contributed by atoms with van der Waals surface area (Å²) in [5, 5.41) is 0. The zero-order chi connectivity index (χ0) is 14.8. The van der Waals surface area contributed by atoms with Gasteiger partial charge in [-0.2, -0.15) is 0 Å². The van der Waals surface area contributed by atoms with E-state index in [0.29, 0.717) is 11.3 Å². The predicted molar refractivity (Wildman–Crippen MR) is 81.7 cm³/mol. The van der Waals surface area contributed by atoms with Crippen molar-refractivity contribution >= 4 is 5.65 Å². The van der Waals surface area contributed by atoms with Crippen molar-refractivity contribution in [2.45, 2.75) is 20.5 Å². The summed E-state index contributed by atoms with van der Waals surface area (Å²) in [6.07, 6.45) is 1.74. The summed E-state index contributed by atoms with van der Waals surface area (Å²) in [5.41, 5.74) is 3.31. The average Bonchev–Trinajstić information content (AvgIpc) is 2.46. The minimum Gasteiger partial charge on any atom is -0.487 e. The van der Waals surface area contributed by atoms with E-state index < -0.39 is 0 Å². The molecule has 106 valence electrons. The lowest BCUT2D eigenvalue weighted by Crippen LogP contribution is -2.16. The van der Waals surface area contributed by atoms with Crippen molar-refractivity contribution in [3.8, 4) is 5.75 Å². The summed E-state index contributed by atoms with van der Waals surface area (Å²) in [6.45, 7) is 4.24. The summed E-state index contributed by atoms with van der Waals surface area (Å²) < 4.78 is 7.28. The average molecular weight is 280 g/mol. The first-order chi connectivity index (χ1) is 10.1. The Morgan fingerprint density at radius 1 is 1.14 bits per heavy atom. The zero-order valence-electron chi connectivity index (χ0n) is 12.0. The maximum atomic E-state index is 12.1. The molecule has 0 aliphatic carbocycles. The lowest BCUT2D eigenvalue weighted by Gasteiger charge is -2.09. The SMILES string of the molecule is Cc1ccn2c(=O)cc(COc3ccccc3C)nc2c1. The largest absolute Gasteiger partial charge is 0.487 e. The Morgan fingerprint density at radius 2 is 1.95 bits per heavy atom. The Bertz CT molecular complexity index is 853. The van der Waals surface area contributed by atoms with E-state index in [-0.39, 0.29) is 12.2 Å². The van der Waals surface area contributed by atoms with E-state index in [9.17, 15) is 4.79 Å². The molecule has 0 aliphatic heterocycles. The van der Waals surface area contributed by atoms with Gasteiger partial charge in [-0.1, -0.05) is 18.2 Å². The molecule has 0 atom stereocenters. The van der Waals surface area contributed by atoms with Crippen LogP contribution in [0, 0.1) is 13.8 Å². The fourth-order valence-corrected chi connectivity index (χ4v) is 2.20. The standard InChI is InChI=1S/C17H16N2O2/c1-12-7-8-19-16(9-12)18-14(10-17(19)20)11-21-15-6-4-3-5-13(15)2/h3-10H,11H2,1-2H3. The summed E-state index contributed by atoms with van der Waals surface area (Å²) in [7, 11) is 0. The number of ether oxygens (including phenoxy) is 1. The topological polar surface area (TPSA) is 43.6 Å². The van der Waals surface area contributed by atoms with Gasteiger partial charge in [-0.3, -0.25) is 9.20 Å². The van der Waals surface area contributed by atoms with Crippen molar-refractivity contribution in [2.24, 2.45) is 0 Å². The van der Waals surface area contributed by atoms with Gasteiger partial charge in [0.05, 0.1) is 5.69 Å². The van der Waals surface area contributed by atoms with Gasteiger partial charge in [-0.25, -0.2) is 4.98 Å². The lowest BCUT2D eigenvalue weighted by atomic mass is 10.2. The second-order valence-electron chi connectivity index (χ2n) is 5.07. The van der Waals surface area contributed by atoms with E-state index >= 15 is 0 Å². The fourth-order valence-electron chi connectivity index (χ4n) is 2.20. The molecular formula is C17H16N2O2. The number of fused-ring (bicyclic) bond motifs is 1. The maximum absolute atomic E-state index is 12.1. The van der Waals surface area contributed by atoms with Crippen LogP contribution in [0.15, 0.2) is 53.5 Å². The molecule has 3 rings (SSSR count). The smallest absolute Gasteiger partial charge is 0.258 e. The number of para-hydroxylation sites is 1. The molecule has 0 N–H and O–H groups in total.